The fraction of sp³-hybridized carbons (Fsp3) is 0. The summed E-state index contributed by atoms with van der Waals surface area (Å²) >= 11 is 0. The van der Waals surface area contributed by atoms with Crippen molar-refractivity contribution in [2.24, 2.45) is 0 Å². The van der Waals surface area contributed by atoms with Crippen LogP contribution >= 0.6 is 0 Å². The van der Waals surface area contributed by atoms with Crippen LogP contribution in [-0.4, -0.2) is 10.1 Å². The van der Waals surface area contributed by atoms with Crippen LogP contribution in [0.15, 0.2) is 53.1 Å². The largest absolute Gasteiger partial charge is 0.334 e. The van der Waals surface area contributed by atoms with E-state index >= 15 is 0 Å². The van der Waals surface area contributed by atoms with Crippen molar-refractivity contribution in [3.63, 3.8) is 0 Å². The molecule has 3 nitrogen and oxygen atoms in total. The molecule has 0 fully saturated rings. The van der Waals surface area contributed by atoms with Crippen molar-refractivity contribution in [1.82, 2.24) is 10.1 Å². The summed E-state index contributed by atoms with van der Waals surface area (Å²) in [6.45, 7) is 0. The Morgan fingerprint density at radius 2 is 1.63 bits per heavy atom. The standard InChI is InChI=1S/C14H8F2N2O/c15-11-7-6-10(8-12(11)16)14-17-13(18-19-14)9-4-2-1-3-5-9/h1-8H. The molecule has 0 aliphatic rings. The predicted molar refractivity (Wildman–Crippen MR) is 65.1 cm³/mol. The normalized spacial score (nSPS) is 10.6. The lowest BCUT2D eigenvalue weighted by Crippen LogP contribution is -1.85. The van der Waals surface area contributed by atoms with Gasteiger partial charge in [-0.1, -0.05) is 35.5 Å². The highest BCUT2D eigenvalue weighted by molar-refractivity contribution is 5.59. The zero-order valence-corrected chi connectivity index (χ0v) is 9.68. The highest BCUT2D eigenvalue weighted by Crippen LogP contribution is 2.23. The molecule has 1 heterocycles. The molecule has 0 unspecified atom stereocenters. The molecular formula is C14H8F2N2O. The summed E-state index contributed by atoms with van der Waals surface area (Å²) in [6.07, 6.45) is 0. The van der Waals surface area contributed by atoms with Crippen LogP contribution in [0, 0.1) is 11.6 Å². The van der Waals surface area contributed by atoms with E-state index in [9.17, 15) is 8.78 Å². The van der Waals surface area contributed by atoms with Gasteiger partial charge in [0.2, 0.25) is 5.82 Å². The molecule has 3 rings (SSSR count). The van der Waals surface area contributed by atoms with E-state index in [2.05, 4.69) is 10.1 Å². The number of nitrogens with zero attached hydrogens (tertiary/aromatic N) is 2. The van der Waals surface area contributed by atoms with E-state index in [0.717, 1.165) is 17.7 Å². The maximum atomic E-state index is 13.1. The fourth-order valence-corrected chi connectivity index (χ4v) is 1.67. The number of benzene rings is 2. The Bertz CT molecular complexity index is 710. The summed E-state index contributed by atoms with van der Waals surface area (Å²) in [7, 11) is 0. The Balaban J connectivity index is 1.99. The van der Waals surface area contributed by atoms with Gasteiger partial charge in [-0.05, 0) is 18.2 Å². The Kier molecular flexibility index (Phi) is 2.79. The van der Waals surface area contributed by atoms with Crippen molar-refractivity contribution < 1.29 is 13.3 Å². The molecule has 0 saturated heterocycles. The van der Waals surface area contributed by atoms with E-state index in [1.165, 1.54) is 6.07 Å². The van der Waals surface area contributed by atoms with Crippen molar-refractivity contribution in [2.45, 2.75) is 0 Å². The summed E-state index contributed by atoms with van der Waals surface area (Å²) in [6, 6.07) is 12.7. The fourth-order valence-electron chi connectivity index (χ4n) is 1.67. The van der Waals surface area contributed by atoms with Crippen LogP contribution in [0.1, 0.15) is 0 Å². The topological polar surface area (TPSA) is 38.9 Å². The lowest BCUT2D eigenvalue weighted by molar-refractivity contribution is 0.431. The van der Waals surface area contributed by atoms with E-state index < -0.39 is 11.6 Å². The summed E-state index contributed by atoms with van der Waals surface area (Å²) in [5, 5.41) is 3.81. The van der Waals surface area contributed by atoms with Crippen molar-refractivity contribution in [2.75, 3.05) is 0 Å². The Labute approximate surface area is 107 Å². The molecule has 0 aliphatic heterocycles. The molecule has 5 heteroatoms. The summed E-state index contributed by atoms with van der Waals surface area (Å²) in [5.74, 6) is -1.30. The second kappa shape index (κ2) is 4.61. The summed E-state index contributed by atoms with van der Waals surface area (Å²) in [4.78, 5) is 4.15. The second-order valence-electron chi connectivity index (χ2n) is 3.92. The van der Waals surface area contributed by atoms with E-state index in [4.69, 9.17) is 4.52 Å². The average molecular weight is 258 g/mol. The minimum absolute atomic E-state index is 0.151. The molecule has 1 aromatic heterocycles. The molecule has 0 aliphatic carbocycles. The number of aromatic nitrogens is 2. The molecule has 0 radical (unpaired) electrons. The maximum Gasteiger partial charge on any atom is 0.258 e. The molecule has 0 bridgehead atoms. The van der Waals surface area contributed by atoms with Gasteiger partial charge < -0.3 is 4.52 Å². The van der Waals surface area contributed by atoms with Gasteiger partial charge in [0.15, 0.2) is 11.6 Å². The zero-order chi connectivity index (χ0) is 13.2. The maximum absolute atomic E-state index is 13.1. The van der Waals surface area contributed by atoms with Crippen molar-refractivity contribution >= 4 is 0 Å². The highest BCUT2D eigenvalue weighted by Gasteiger charge is 2.12. The van der Waals surface area contributed by atoms with Crippen molar-refractivity contribution in [3.05, 3.63) is 60.2 Å². The second-order valence-corrected chi connectivity index (χ2v) is 3.92. The van der Waals surface area contributed by atoms with Gasteiger partial charge >= 0.3 is 0 Å². The first-order valence-electron chi connectivity index (χ1n) is 5.58. The van der Waals surface area contributed by atoms with Gasteiger partial charge in [0.05, 0.1) is 0 Å². The third-order valence-electron chi connectivity index (χ3n) is 2.62. The van der Waals surface area contributed by atoms with Crippen LogP contribution < -0.4 is 0 Å². The van der Waals surface area contributed by atoms with Crippen LogP contribution in [0.4, 0.5) is 8.78 Å². The number of halogens is 2. The lowest BCUT2D eigenvalue weighted by Gasteiger charge is -1.95. The van der Waals surface area contributed by atoms with Crippen molar-refractivity contribution in [1.29, 1.82) is 0 Å². The molecule has 0 saturated carbocycles. The minimum atomic E-state index is -0.947. The Morgan fingerprint density at radius 1 is 0.842 bits per heavy atom. The first kappa shape index (κ1) is 11.5. The quantitative estimate of drug-likeness (QED) is 0.703. The van der Waals surface area contributed by atoms with Crippen LogP contribution in [0.25, 0.3) is 22.8 Å². The lowest BCUT2D eigenvalue weighted by atomic mass is 10.2. The van der Waals surface area contributed by atoms with Crippen LogP contribution in [0.5, 0.6) is 0 Å². The molecule has 0 N–H and O–H groups in total. The van der Waals surface area contributed by atoms with Gasteiger partial charge in [0, 0.05) is 11.1 Å². The third kappa shape index (κ3) is 2.22. The monoisotopic (exact) mass is 258 g/mol. The van der Waals surface area contributed by atoms with E-state index in [1.807, 2.05) is 30.3 Å². The van der Waals surface area contributed by atoms with E-state index in [0.29, 0.717) is 11.4 Å². The molecule has 3 aromatic rings. The molecule has 2 aromatic carbocycles. The molecule has 19 heavy (non-hydrogen) atoms. The molecule has 0 amide bonds. The first-order valence-corrected chi connectivity index (χ1v) is 5.58. The highest BCUT2D eigenvalue weighted by atomic mass is 19.2. The predicted octanol–water partition coefficient (Wildman–Crippen LogP) is 3.68. The molecular weight excluding hydrogens is 250 g/mol. The average Bonchev–Trinajstić information content (AvgIpc) is 2.93. The molecule has 0 atom stereocenters. The Morgan fingerprint density at radius 3 is 2.37 bits per heavy atom. The van der Waals surface area contributed by atoms with E-state index in [-0.39, 0.29) is 5.89 Å². The molecule has 0 spiro atoms. The third-order valence-corrected chi connectivity index (χ3v) is 2.62. The van der Waals surface area contributed by atoms with Crippen LogP contribution in [0.2, 0.25) is 0 Å². The number of rotatable bonds is 2. The Hall–Kier alpha value is -2.56. The van der Waals surface area contributed by atoms with Gasteiger partial charge in [-0.3, -0.25) is 0 Å². The summed E-state index contributed by atoms with van der Waals surface area (Å²) < 4.78 is 31.0. The number of hydrogen-bond donors (Lipinski definition) is 0. The SMILES string of the molecule is Fc1ccc(-c2nc(-c3ccccc3)no2)cc1F. The first-order chi connectivity index (χ1) is 9.24. The summed E-state index contributed by atoms with van der Waals surface area (Å²) in [5.41, 5.74) is 1.13. The smallest absolute Gasteiger partial charge is 0.258 e. The minimum Gasteiger partial charge on any atom is -0.334 e. The van der Waals surface area contributed by atoms with Crippen molar-refractivity contribution in [3.8, 4) is 22.8 Å². The van der Waals surface area contributed by atoms with Gasteiger partial charge in [-0.2, -0.15) is 4.98 Å². The van der Waals surface area contributed by atoms with Crippen LogP contribution in [0.3, 0.4) is 0 Å². The zero-order valence-electron chi connectivity index (χ0n) is 9.68. The van der Waals surface area contributed by atoms with E-state index in [1.54, 1.807) is 0 Å². The van der Waals surface area contributed by atoms with Gasteiger partial charge in [0.1, 0.15) is 0 Å². The molecule has 94 valence electrons. The van der Waals surface area contributed by atoms with Crippen LogP contribution in [-0.2, 0) is 0 Å². The van der Waals surface area contributed by atoms with Gasteiger partial charge in [0.25, 0.3) is 5.89 Å². The number of hydrogen-bond acceptors (Lipinski definition) is 3. The van der Waals surface area contributed by atoms with Gasteiger partial charge in [-0.15, -0.1) is 0 Å². The van der Waals surface area contributed by atoms with Gasteiger partial charge in [-0.25, -0.2) is 8.78 Å².